The maximum Gasteiger partial charge on any atom is 0.320 e. The number of ether oxygens (including phenoxy) is 1. The predicted molar refractivity (Wildman–Crippen MR) is 104 cm³/mol. The molecule has 6 heteroatoms. The minimum absolute atomic E-state index is 0. The minimum Gasteiger partial charge on any atom is -0.460 e. The molecule has 0 aliphatic carbocycles. The van der Waals surface area contributed by atoms with Crippen LogP contribution in [0.25, 0.3) is 10.9 Å². The van der Waals surface area contributed by atoms with Crippen molar-refractivity contribution in [3.63, 3.8) is 0 Å². The molecule has 0 unspecified atom stereocenters. The second kappa shape index (κ2) is 10.7. The lowest BCUT2D eigenvalue weighted by molar-refractivity contribution is -0.143. The second-order valence-corrected chi connectivity index (χ2v) is 5.29. The Morgan fingerprint density at radius 3 is 2.48 bits per heavy atom. The first-order valence-corrected chi connectivity index (χ1v) is 7.55. The van der Waals surface area contributed by atoms with Gasteiger partial charge in [0, 0.05) is 18.1 Å². The summed E-state index contributed by atoms with van der Waals surface area (Å²) >= 11 is 0. The van der Waals surface area contributed by atoms with Gasteiger partial charge in [-0.3, -0.25) is 9.78 Å². The lowest BCUT2D eigenvalue weighted by Crippen LogP contribution is -2.24. The molecule has 4 nitrogen and oxygen atoms in total. The van der Waals surface area contributed by atoms with Gasteiger partial charge in [-0.15, -0.1) is 24.8 Å². The highest BCUT2D eigenvalue weighted by Crippen LogP contribution is 2.12. The SMILES string of the molecule is Cl.Cl.O=C(CNCc1cnc2ccccc2c1)OCc1ccccc1. The molecule has 2 aromatic carbocycles. The van der Waals surface area contributed by atoms with Gasteiger partial charge in [0.05, 0.1) is 12.1 Å². The van der Waals surface area contributed by atoms with Crippen molar-refractivity contribution < 1.29 is 9.53 Å². The zero-order chi connectivity index (χ0) is 15.9. The van der Waals surface area contributed by atoms with Crippen LogP contribution in [0.3, 0.4) is 0 Å². The molecule has 1 aromatic heterocycles. The summed E-state index contributed by atoms with van der Waals surface area (Å²) in [6.07, 6.45) is 1.82. The van der Waals surface area contributed by atoms with Crippen molar-refractivity contribution in [2.75, 3.05) is 6.54 Å². The zero-order valence-corrected chi connectivity index (χ0v) is 15.2. The van der Waals surface area contributed by atoms with Crippen LogP contribution in [0.2, 0.25) is 0 Å². The molecule has 0 spiro atoms. The molecule has 3 rings (SSSR count). The van der Waals surface area contributed by atoms with Crippen LogP contribution in [0.1, 0.15) is 11.1 Å². The molecule has 0 bridgehead atoms. The van der Waals surface area contributed by atoms with E-state index < -0.39 is 0 Å². The standard InChI is InChI=1S/C19H18N2O2.2ClH/c22-19(23-14-15-6-2-1-3-7-15)13-20-11-16-10-17-8-4-5-9-18(17)21-12-16;;/h1-10,12,20H,11,13-14H2;2*1H. The Morgan fingerprint density at radius 1 is 0.960 bits per heavy atom. The summed E-state index contributed by atoms with van der Waals surface area (Å²) in [5.74, 6) is -0.261. The Balaban J connectivity index is 0.00000156. The molecule has 0 aliphatic rings. The monoisotopic (exact) mass is 378 g/mol. The smallest absolute Gasteiger partial charge is 0.320 e. The average Bonchev–Trinajstić information content (AvgIpc) is 2.61. The Bertz CT molecular complexity index is 798. The van der Waals surface area contributed by atoms with E-state index in [1.807, 2.05) is 60.8 Å². The van der Waals surface area contributed by atoms with E-state index in [0.29, 0.717) is 13.2 Å². The number of nitrogens with one attached hydrogen (secondary N) is 1. The normalized spacial score (nSPS) is 9.76. The van der Waals surface area contributed by atoms with Crippen molar-refractivity contribution in [3.8, 4) is 0 Å². The number of fused-ring (bicyclic) bond motifs is 1. The maximum atomic E-state index is 11.7. The molecule has 0 atom stereocenters. The van der Waals surface area contributed by atoms with E-state index in [-0.39, 0.29) is 37.3 Å². The van der Waals surface area contributed by atoms with Crippen LogP contribution in [0.15, 0.2) is 66.9 Å². The summed E-state index contributed by atoms with van der Waals surface area (Å²) in [4.78, 5) is 16.1. The number of benzene rings is 2. The highest BCUT2D eigenvalue weighted by molar-refractivity contribution is 5.85. The third kappa shape index (κ3) is 6.35. The molecule has 0 saturated heterocycles. The van der Waals surface area contributed by atoms with Crippen LogP contribution in [-0.4, -0.2) is 17.5 Å². The Hall–Kier alpha value is -2.14. The van der Waals surface area contributed by atoms with E-state index in [2.05, 4.69) is 16.4 Å². The van der Waals surface area contributed by atoms with Gasteiger partial charge in [0.1, 0.15) is 6.61 Å². The number of para-hydroxylation sites is 1. The predicted octanol–water partition coefficient (Wildman–Crippen LogP) is 3.91. The maximum absolute atomic E-state index is 11.7. The van der Waals surface area contributed by atoms with Crippen LogP contribution < -0.4 is 5.32 Å². The molecule has 1 heterocycles. The fourth-order valence-electron chi connectivity index (χ4n) is 2.31. The lowest BCUT2D eigenvalue weighted by Gasteiger charge is -2.07. The molecular weight excluding hydrogens is 359 g/mol. The summed E-state index contributed by atoms with van der Waals surface area (Å²) in [5.41, 5.74) is 3.00. The van der Waals surface area contributed by atoms with Crippen molar-refractivity contribution in [3.05, 3.63) is 78.0 Å². The average molecular weight is 379 g/mol. The van der Waals surface area contributed by atoms with Crippen LogP contribution in [0.4, 0.5) is 0 Å². The largest absolute Gasteiger partial charge is 0.460 e. The van der Waals surface area contributed by atoms with E-state index in [1.54, 1.807) is 0 Å². The van der Waals surface area contributed by atoms with Gasteiger partial charge in [-0.1, -0.05) is 48.5 Å². The van der Waals surface area contributed by atoms with E-state index >= 15 is 0 Å². The van der Waals surface area contributed by atoms with Crippen molar-refractivity contribution in [2.45, 2.75) is 13.2 Å². The first kappa shape index (κ1) is 20.9. The van der Waals surface area contributed by atoms with Gasteiger partial charge in [0.15, 0.2) is 0 Å². The first-order chi connectivity index (χ1) is 11.3. The third-order valence-corrected chi connectivity index (χ3v) is 3.49. The number of rotatable bonds is 6. The van der Waals surface area contributed by atoms with E-state index in [0.717, 1.165) is 22.0 Å². The fraction of sp³-hybridized carbons (Fsp3) is 0.158. The third-order valence-electron chi connectivity index (χ3n) is 3.49. The van der Waals surface area contributed by atoms with Gasteiger partial charge >= 0.3 is 5.97 Å². The number of aromatic nitrogens is 1. The quantitative estimate of drug-likeness (QED) is 0.660. The van der Waals surface area contributed by atoms with Crippen molar-refractivity contribution in [1.29, 1.82) is 0 Å². The topological polar surface area (TPSA) is 51.2 Å². The van der Waals surface area contributed by atoms with Crippen LogP contribution in [0, 0.1) is 0 Å². The van der Waals surface area contributed by atoms with Crippen LogP contribution in [-0.2, 0) is 22.7 Å². The summed E-state index contributed by atoms with van der Waals surface area (Å²) in [7, 11) is 0. The highest BCUT2D eigenvalue weighted by atomic mass is 35.5. The molecule has 0 saturated carbocycles. The van der Waals surface area contributed by atoms with E-state index in [9.17, 15) is 4.79 Å². The first-order valence-electron chi connectivity index (χ1n) is 7.55. The number of hydrogen-bond donors (Lipinski definition) is 1. The lowest BCUT2D eigenvalue weighted by atomic mass is 10.1. The summed E-state index contributed by atoms with van der Waals surface area (Å²) < 4.78 is 5.22. The van der Waals surface area contributed by atoms with Gasteiger partial charge in [-0.25, -0.2) is 0 Å². The fourth-order valence-corrected chi connectivity index (χ4v) is 2.31. The molecule has 132 valence electrons. The number of hydrogen-bond acceptors (Lipinski definition) is 4. The summed E-state index contributed by atoms with van der Waals surface area (Å²) in [5, 5.41) is 4.18. The molecular formula is C19H20Cl2N2O2. The van der Waals surface area contributed by atoms with Crippen molar-refractivity contribution >= 4 is 41.7 Å². The summed E-state index contributed by atoms with van der Waals surface area (Å²) in [6.45, 7) is 1.07. The van der Waals surface area contributed by atoms with Crippen LogP contribution >= 0.6 is 24.8 Å². The Labute approximate surface area is 159 Å². The number of nitrogens with zero attached hydrogens (tertiary/aromatic N) is 1. The van der Waals surface area contributed by atoms with Crippen molar-refractivity contribution in [2.24, 2.45) is 0 Å². The van der Waals surface area contributed by atoms with Gasteiger partial charge in [-0.05, 0) is 23.3 Å². The number of esters is 1. The highest BCUT2D eigenvalue weighted by Gasteiger charge is 2.03. The zero-order valence-electron chi connectivity index (χ0n) is 13.6. The van der Waals surface area contributed by atoms with Gasteiger partial charge in [-0.2, -0.15) is 0 Å². The number of carbonyl (C=O) groups excluding carboxylic acids is 1. The van der Waals surface area contributed by atoms with E-state index in [4.69, 9.17) is 4.74 Å². The van der Waals surface area contributed by atoms with Crippen molar-refractivity contribution in [1.82, 2.24) is 10.3 Å². The molecule has 0 fully saturated rings. The van der Waals surface area contributed by atoms with Gasteiger partial charge in [0.2, 0.25) is 0 Å². The minimum atomic E-state index is -0.261. The molecule has 25 heavy (non-hydrogen) atoms. The van der Waals surface area contributed by atoms with Gasteiger partial charge < -0.3 is 10.1 Å². The second-order valence-electron chi connectivity index (χ2n) is 5.29. The molecule has 0 amide bonds. The Morgan fingerprint density at radius 2 is 1.68 bits per heavy atom. The number of pyridine rings is 1. The number of halogens is 2. The summed E-state index contributed by atoms with van der Waals surface area (Å²) in [6, 6.07) is 19.7. The number of carbonyl (C=O) groups is 1. The molecule has 0 radical (unpaired) electrons. The van der Waals surface area contributed by atoms with E-state index in [1.165, 1.54) is 0 Å². The molecule has 1 N–H and O–H groups in total. The Kier molecular flexibility index (Phi) is 8.92. The molecule has 3 aromatic rings. The molecule has 0 aliphatic heterocycles. The van der Waals surface area contributed by atoms with Crippen LogP contribution in [0.5, 0.6) is 0 Å². The van der Waals surface area contributed by atoms with Gasteiger partial charge in [0.25, 0.3) is 0 Å².